The second kappa shape index (κ2) is 6.34. The quantitative estimate of drug-likeness (QED) is 0.888. The van der Waals surface area contributed by atoms with Crippen molar-refractivity contribution < 1.29 is 0 Å². The van der Waals surface area contributed by atoms with Crippen LogP contribution in [0.1, 0.15) is 24.1 Å². The zero-order valence-electron chi connectivity index (χ0n) is 11.8. The maximum absolute atomic E-state index is 4.16. The highest BCUT2D eigenvalue weighted by atomic mass is 15.0. The Morgan fingerprint density at radius 2 is 2.05 bits per heavy atom. The molecule has 1 aromatic heterocycles. The molecule has 0 aliphatic rings. The maximum atomic E-state index is 4.16. The summed E-state index contributed by atoms with van der Waals surface area (Å²) in [6, 6.07) is 12.9. The predicted octanol–water partition coefficient (Wildman–Crippen LogP) is 3.32. The van der Waals surface area contributed by atoms with Crippen molar-refractivity contribution in [1.82, 2.24) is 9.88 Å². The molecule has 1 heterocycles. The number of anilines is 1. The first-order valence-corrected chi connectivity index (χ1v) is 6.55. The van der Waals surface area contributed by atoms with Gasteiger partial charge in [0.05, 0.1) is 6.04 Å². The Bertz CT molecular complexity index is 508. The summed E-state index contributed by atoms with van der Waals surface area (Å²) >= 11 is 0. The van der Waals surface area contributed by atoms with Crippen molar-refractivity contribution in [2.24, 2.45) is 0 Å². The van der Waals surface area contributed by atoms with Crippen molar-refractivity contribution in [1.29, 1.82) is 0 Å². The van der Waals surface area contributed by atoms with E-state index in [9.17, 15) is 0 Å². The second-order valence-corrected chi connectivity index (χ2v) is 5.09. The van der Waals surface area contributed by atoms with Gasteiger partial charge in [0.1, 0.15) is 0 Å². The second-order valence-electron chi connectivity index (χ2n) is 5.09. The molecule has 0 fully saturated rings. The van der Waals surface area contributed by atoms with Crippen molar-refractivity contribution in [3.8, 4) is 0 Å². The number of hydrogen-bond donors (Lipinski definition) is 1. The molecule has 0 aliphatic carbocycles. The molecule has 19 heavy (non-hydrogen) atoms. The van der Waals surface area contributed by atoms with Crippen molar-refractivity contribution in [2.75, 3.05) is 19.4 Å². The first-order chi connectivity index (χ1) is 9.15. The smallest absolute Gasteiger partial charge is 0.0500 e. The molecule has 0 aliphatic heterocycles. The third-order valence-corrected chi connectivity index (χ3v) is 2.99. The van der Waals surface area contributed by atoms with Gasteiger partial charge in [0.25, 0.3) is 0 Å². The molecular formula is C16H21N3. The van der Waals surface area contributed by atoms with Crippen LogP contribution in [-0.2, 0) is 6.54 Å². The summed E-state index contributed by atoms with van der Waals surface area (Å²) < 4.78 is 0. The van der Waals surface area contributed by atoms with Gasteiger partial charge in [0, 0.05) is 24.6 Å². The minimum atomic E-state index is 0.253. The van der Waals surface area contributed by atoms with Crippen molar-refractivity contribution in [3.63, 3.8) is 0 Å². The lowest BCUT2D eigenvalue weighted by molar-refractivity contribution is 0.402. The summed E-state index contributed by atoms with van der Waals surface area (Å²) in [5.41, 5.74) is 3.66. The lowest BCUT2D eigenvalue weighted by atomic mass is 10.1. The number of hydrogen-bond acceptors (Lipinski definition) is 3. The Kier molecular flexibility index (Phi) is 4.53. The Labute approximate surface area is 115 Å². The maximum Gasteiger partial charge on any atom is 0.0500 e. The van der Waals surface area contributed by atoms with E-state index in [1.807, 2.05) is 12.3 Å². The van der Waals surface area contributed by atoms with E-state index >= 15 is 0 Å². The van der Waals surface area contributed by atoms with Gasteiger partial charge < -0.3 is 10.2 Å². The first-order valence-electron chi connectivity index (χ1n) is 6.55. The first kappa shape index (κ1) is 13.6. The molecule has 1 unspecified atom stereocenters. The topological polar surface area (TPSA) is 28.2 Å². The van der Waals surface area contributed by atoms with E-state index in [0.717, 1.165) is 12.2 Å². The highest BCUT2D eigenvalue weighted by molar-refractivity contribution is 5.47. The zero-order chi connectivity index (χ0) is 13.7. The van der Waals surface area contributed by atoms with Gasteiger partial charge in [-0.05, 0) is 50.3 Å². The van der Waals surface area contributed by atoms with Gasteiger partial charge >= 0.3 is 0 Å². The monoisotopic (exact) mass is 255 g/mol. The van der Waals surface area contributed by atoms with Gasteiger partial charge in [-0.15, -0.1) is 0 Å². The summed E-state index contributed by atoms with van der Waals surface area (Å²) in [5, 5.41) is 3.51. The SMILES string of the molecule is CC(Nc1cccc(CN(C)C)c1)c1cccnc1. The Morgan fingerprint density at radius 1 is 1.21 bits per heavy atom. The van der Waals surface area contributed by atoms with Crippen LogP contribution in [0.4, 0.5) is 5.69 Å². The molecule has 3 heteroatoms. The Balaban J connectivity index is 2.06. The van der Waals surface area contributed by atoms with E-state index in [1.165, 1.54) is 11.1 Å². The van der Waals surface area contributed by atoms with Gasteiger partial charge in [0.15, 0.2) is 0 Å². The van der Waals surface area contributed by atoms with E-state index < -0.39 is 0 Å². The highest BCUT2D eigenvalue weighted by Crippen LogP contribution is 2.19. The molecule has 0 amide bonds. The molecule has 1 atom stereocenters. The molecule has 2 rings (SSSR count). The average Bonchev–Trinajstić information content (AvgIpc) is 2.39. The van der Waals surface area contributed by atoms with E-state index in [0.29, 0.717) is 0 Å². The van der Waals surface area contributed by atoms with Gasteiger partial charge in [0.2, 0.25) is 0 Å². The number of benzene rings is 1. The molecule has 1 aromatic carbocycles. The third-order valence-electron chi connectivity index (χ3n) is 2.99. The lowest BCUT2D eigenvalue weighted by Gasteiger charge is -2.17. The van der Waals surface area contributed by atoms with Crippen LogP contribution in [-0.4, -0.2) is 24.0 Å². The van der Waals surface area contributed by atoms with Crippen LogP contribution in [0.3, 0.4) is 0 Å². The van der Waals surface area contributed by atoms with Gasteiger partial charge in [-0.3, -0.25) is 4.98 Å². The van der Waals surface area contributed by atoms with Crippen LogP contribution < -0.4 is 5.32 Å². The van der Waals surface area contributed by atoms with E-state index in [-0.39, 0.29) is 6.04 Å². The summed E-state index contributed by atoms with van der Waals surface area (Å²) in [6.45, 7) is 3.10. The number of rotatable bonds is 5. The summed E-state index contributed by atoms with van der Waals surface area (Å²) in [5.74, 6) is 0. The van der Waals surface area contributed by atoms with Crippen molar-refractivity contribution in [2.45, 2.75) is 19.5 Å². The summed E-state index contributed by atoms with van der Waals surface area (Å²) in [6.07, 6.45) is 3.70. The summed E-state index contributed by atoms with van der Waals surface area (Å²) in [7, 11) is 4.16. The fourth-order valence-electron chi connectivity index (χ4n) is 2.09. The van der Waals surface area contributed by atoms with Crippen molar-refractivity contribution in [3.05, 3.63) is 59.9 Å². The van der Waals surface area contributed by atoms with Crippen LogP contribution >= 0.6 is 0 Å². The van der Waals surface area contributed by atoms with Gasteiger partial charge in [-0.2, -0.15) is 0 Å². The normalized spacial score (nSPS) is 12.4. The Hall–Kier alpha value is -1.87. The molecule has 2 aromatic rings. The van der Waals surface area contributed by atoms with Crippen molar-refractivity contribution >= 4 is 5.69 Å². The molecule has 100 valence electrons. The molecule has 1 N–H and O–H groups in total. The minimum Gasteiger partial charge on any atom is -0.378 e. The Morgan fingerprint density at radius 3 is 2.74 bits per heavy atom. The van der Waals surface area contributed by atoms with Crippen LogP contribution in [0.2, 0.25) is 0 Å². The fraction of sp³-hybridized carbons (Fsp3) is 0.312. The summed E-state index contributed by atoms with van der Waals surface area (Å²) in [4.78, 5) is 6.33. The van der Waals surface area contributed by atoms with Crippen LogP contribution in [0.5, 0.6) is 0 Å². The fourth-order valence-corrected chi connectivity index (χ4v) is 2.09. The molecule has 3 nitrogen and oxygen atoms in total. The number of aromatic nitrogens is 1. The van der Waals surface area contributed by atoms with E-state index in [4.69, 9.17) is 0 Å². The largest absolute Gasteiger partial charge is 0.378 e. The number of nitrogens with zero attached hydrogens (tertiary/aromatic N) is 2. The molecule has 0 saturated heterocycles. The lowest BCUT2D eigenvalue weighted by Crippen LogP contribution is -2.11. The number of nitrogens with one attached hydrogen (secondary N) is 1. The number of pyridine rings is 1. The standard InChI is InChI=1S/C16H21N3/c1-13(15-7-5-9-17-11-15)18-16-8-4-6-14(10-16)12-19(2)3/h4-11,13,18H,12H2,1-3H3. The van der Waals surface area contributed by atoms with E-state index in [1.54, 1.807) is 6.20 Å². The molecule has 0 saturated carbocycles. The molecule has 0 bridgehead atoms. The van der Waals surface area contributed by atoms with E-state index in [2.05, 4.69) is 66.6 Å². The minimum absolute atomic E-state index is 0.253. The molecule has 0 spiro atoms. The van der Waals surface area contributed by atoms with Gasteiger partial charge in [-0.1, -0.05) is 18.2 Å². The molecular weight excluding hydrogens is 234 g/mol. The van der Waals surface area contributed by atoms with Crippen LogP contribution in [0.15, 0.2) is 48.8 Å². The zero-order valence-corrected chi connectivity index (χ0v) is 11.8. The molecule has 0 radical (unpaired) electrons. The van der Waals surface area contributed by atoms with Crippen LogP contribution in [0, 0.1) is 0 Å². The van der Waals surface area contributed by atoms with Gasteiger partial charge in [-0.25, -0.2) is 0 Å². The predicted molar refractivity (Wildman–Crippen MR) is 80.1 cm³/mol. The van der Waals surface area contributed by atoms with Crippen LogP contribution in [0.25, 0.3) is 0 Å². The average molecular weight is 255 g/mol. The third kappa shape index (κ3) is 4.07. The highest BCUT2D eigenvalue weighted by Gasteiger charge is 2.05.